The van der Waals surface area contributed by atoms with Crippen molar-refractivity contribution < 1.29 is 18.6 Å². The monoisotopic (exact) mass is 318 g/mol. The molecule has 114 valence electrons. The highest BCUT2D eigenvalue weighted by atomic mass is 32.2. The van der Waals surface area contributed by atoms with Crippen LogP contribution in [0.15, 0.2) is 29.2 Å². The number of benzene rings is 1. The Kier molecular flexibility index (Phi) is 5.66. The molecule has 0 heterocycles. The fourth-order valence-electron chi connectivity index (χ4n) is 2.12. The van der Waals surface area contributed by atoms with Crippen LogP contribution in [-0.2, 0) is 9.84 Å². The first kappa shape index (κ1) is 17.5. The molecular formula is C14H22O4S2. The first-order chi connectivity index (χ1) is 9.15. The van der Waals surface area contributed by atoms with E-state index in [1.54, 1.807) is 30.5 Å². The molecule has 0 radical (unpaired) electrons. The van der Waals surface area contributed by atoms with Crippen molar-refractivity contribution in [3.05, 3.63) is 29.8 Å². The van der Waals surface area contributed by atoms with Crippen molar-refractivity contribution in [1.82, 2.24) is 0 Å². The van der Waals surface area contributed by atoms with E-state index in [1.807, 2.05) is 6.92 Å². The maximum absolute atomic E-state index is 12.5. The molecule has 0 spiro atoms. The summed E-state index contributed by atoms with van der Waals surface area (Å²) >= 11 is 1.18. The third kappa shape index (κ3) is 3.55. The Hall–Kier alpha value is -0.560. The fraction of sp³-hybridized carbons (Fsp3) is 0.571. The van der Waals surface area contributed by atoms with Crippen molar-refractivity contribution in [3.8, 4) is 0 Å². The van der Waals surface area contributed by atoms with Gasteiger partial charge in [-0.15, -0.1) is 0 Å². The van der Waals surface area contributed by atoms with Crippen LogP contribution in [-0.4, -0.2) is 47.6 Å². The quantitative estimate of drug-likeness (QED) is 0.834. The van der Waals surface area contributed by atoms with Gasteiger partial charge in [0.15, 0.2) is 9.84 Å². The molecule has 2 unspecified atom stereocenters. The minimum absolute atomic E-state index is 0.211. The number of aliphatic hydroxyl groups is 2. The molecule has 6 heteroatoms. The maximum atomic E-state index is 12.5. The zero-order valence-electron chi connectivity index (χ0n) is 12.2. The van der Waals surface area contributed by atoms with Gasteiger partial charge in [-0.2, -0.15) is 11.8 Å². The highest BCUT2D eigenvalue weighted by Gasteiger charge is 2.44. The van der Waals surface area contributed by atoms with E-state index < -0.39 is 26.8 Å². The lowest BCUT2D eigenvalue weighted by Crippen LogP contribution is -2.51. The van der Waals surface area contributed by atoms with Crippen LogP contribution >= 0.6 is 11.8 Å². The highest BCUT2D eigenvalue weighted by Crippen LogP contribution is 2.34. The summed E-state index contributed by atoms with van der Waals surface area (Å²) < 4.78 is 23.8. The largest absolute Gasteiger partial charge is 0.392 e. The Bertz CT molecular complexity index is 525. The summed E-state index contributed by atoms with van der Waals surface area (Å²) in [6.07, 6.45) is -0.195. The fourth-order valence-corrected chi connectivity index (χ4v) is 5.53. The van der Waals surface area contributed by atoms with E-state index in [4.69, 9.17) is 0 Å². The number of aliphatic hydroxyl groups excluding tert-OH is 2. The normalized spacial score (nSPS) is 18.3. The molecule has 0 saturated carbocycles. The summed E-state index contributed by atoms with van der Waals surface area (Å²) in [7, 11) is -3.58. The predicted octanol–water partition coefficient (Wildman–Crippen LogP) is 1.63. The van der Waals surface area contributed by atoms with Gasteiger partial charge in [-0.1, -0.05) is 17.7 Å². The van der Waals surface area contributed by atoms with Crippen molar-refractivity contribution in [2.45, 2.75) is 42.6 Å². The number of hydrogen-bond acceptors (Lipinski definition) is 5. The molecule has 20 heavy (non-hydrogen) atoms. The standard InChI is InChI=1S/C14H22O4S2/c1-10-5-7-13(8-6-10)20(17,18)9-14(19-4,11(2)15)12(3)16/h5-8,11-12,15-16H,9H2,1-4H3. The Morgan fingerprint density at radius 1 is 1.15 bits per heavy atom. The minimum Gasteiger partial charge on any atom is -0.392 e. The summed E-state index contributed by atoms with van der Waals surface area (Å²) in [5.41, 5.74) is 0.978. The van der Waals surface area contributed by atoms with Crippen LogP contribution in [0.1, 0.15) is 19.4 Å². The first-order valence-electron chi connectivity index (χ1n) is 6.36. The van der Waals surface area contributed by atoms with E-state index in [9.17, 15) is 18.6 Å². The number of thioether (sulfide) groups is 1. The lowest BCUT2D eigenvalue weighted by Gasteiger charge is -2.37. The number of hydrogen-bond donors (Lipinski definition) is 2. The van der Waals surface area contributed by atoms with Gasteiger partial charge in [0.25, 0.3) is 0 Å². The Morgan fingerprint density at radius 2 is 1.60 bits per heavy atom. The Balaban J connectivity index is 3.19. The molecule has 4 nitrogen and oxygen atoms in total. The summed E-state index contributed by atoms with van der Waals surface area (Å²) in [4.78, 5) is 0.211. The Morgan fingerprint density at radius 3 is 1.95 bits per heavy atom. The van der Waals surface area contributed by atoms with Crippen molar-refractivity contribution in [3.63, 3.8) is 0 Å². The molecule has 0 aliphatic carbocycles. The van der Waals surface area contributed by atoms with Gasteiger partial charge < -0.3 is 10.2 Å². The van der Waals surface area contributed by atoms with Gasteiger partial charge in [-0.25, -0.2) is 8.42 Å². The van der Waals surface area contributed by atoms with Gasteiger partial charge in [0, 0.05) is 0 Å². The average Bonchev–Trinajstić information content (AvgIpc) is 2.35. The number of aryl methyl sites for hydroxylation is 1. The average molecular weight is 318 g/mol. The molecule has 2 N–H and O–H groups in total. The lowest BCUT2D eigenvalue weighted by molar-refractivity contribution is 0.0655. The second-order valence-electron chi connectivity index (χ2n) is 5.08. The van der Waals surface area contributed by atoms with Gasteiger partial charge in [0.05, 0.1) is 27.6 Å². The summed E-state index contributed by atoms with van der Waals surface area (Å²) in [6, 6.07) is 6.58. The molecule has 0 aliphatic heterocycles. The lowest BCUT2D eigenvalue weighted by atomic mass is 9.99. The van der Waals surface area contributed by atoms with Gasteiger partial charge in [0.2, 0.25) is 0 Å². The van der Waals surface area contributed by atoms with E-state index in [1.165, 1.54) is 25.6 Å². The van der Waals surface area contributed by atoms with Crippen molar-refractivity contribution in [1.29, 1.82) is 0 Å². The van der Waals surface area contributed by atoms with E-state index in [0.717, 1.165) is 5.56 Å². The first-order valence-corrected chi connectivity index (χ1v) is 9.24. The predicted molar refractivity (Wildman–Crippen MR) is 82.8 cm³/mol. The van der Waals surface area contributed by atoms with Gasteiger partial charge in [0.1, 0.15) is 0 Å². The van der Waals surface area contributed by atoms with Crippen LogP contribution in [0.2, 0.25) is 0 Å². The molecule has 0 bridgehead atoms. The van der Waals surface area contributed by atoms with E-state index in [0.29, 0.717) is 0 Å². The highest BCUT2D eigenvalue weighted by molar-refractivity contribution is 8.01. The smallest absolute Gasteiger partial charge is 0.179 e. The zero-order valence-corrected chi connectivity index (χ0v) is 13.8. The molecule has 0 aliphatic rings. The van der Waals surface area contributed by atoms with Crippen molar-refractivity contribution >= 4 is 21.6 Å². The zero-order chi connectivity index (χ0) is 15.6. The van der Waals surface area contributed by atoms with Crippen LogP contribution in [0.3, 0.4) is 0 Å². The molecule has 1 aromatic carbocycles. The molecule has 1 rings (SSSR count). The van der Waals surface area contributed by atoms with Gasteiger partial charge in [-0.3, -0.25) is 0 Å². The molecule has 0 fully saturated rings. The summed E-state index contributed by atoms with van der Waals surface area (Å²) in [5, 5.41) is 19.9. The molecule has 0 amide bonds. The third-order valence-electron chi connectivity index (χ3n) is 3.59. The second kappa shape index (κ2) is 6.47. The van der Waals surface area contributed by atoms with Gasteiger partial charge >= 0.3 is 0 Å². The van der Waals surface area contributed by atoms with E-state index in [-0.39, 0.29) is 10.6 Å². The molecule has 2 atom stereocenters. The van der Waals surface area contributed by atoms with Crippen LogP contribution in [0.25, 0.3) is 0 Å². The third-order valence-corrected chi connectivity index (χ3v) is 7.21. The number of sulfone groups is 1. The topological polar surface area (TPSA) is 74.6 Å². The molecule has 1 aromatic rings. The van der Waals surface area contributed by atoms with E-state index in [2.05, 4.69) is 0 Å². The van der Waals surface area contributed by atoms with Crippen LogP contribution in [0.5, 0.6) is 0 Å². The number of rotatable bonds is 6. The van der Waals surface area contributed by atoms with Crippen LogP contribution in [0.4, 0.5) is 0 Å². The second-order valence-corrected chi connectivity index (χ2v) is 8.24. The molecule has 0 saturated heterocycles. The van der Waals surface area contributed by atoms with Crippen molar-refractivity contribution in [2.75, 3.05) is 12.0 Å². The summed E-state index contributed by atoms with van der Waals surface area (Å²) in [6.45, 7) is 4.90. The minimum atomic E-state index is -3.58. The maximum Gasteiger partial charge on any atom is 0.179 e. The van der Waals surface area contributed by atoms with E-state index >= 15 is 0 Å². The summed E-state index contributed by atoms with van der Waals surface area (Å²) in [5.74, 6) is -0.306. The SMILES string of the molecule is CSC(CS(=O)(=O)c1ccc(C)cc1)(C(C)O)C(C)O. The van der Waals surface area contributed by atoms with Crippen LogP contribution < -0.4 is 0 Å². The van der Waals surface area contributed by atoms with Crippen molar-refractivity contribution in [2.24, 2.45) is 0 Å². The molecule has 0 aromatic heterocycles. The Labute approximate surface area is 125 Å². The molecular weight excluding hydrogens is 296 g/mol. The van der Waals surface area contributed by atoms with Gasteiger partial charge in [-0.05, 0) is 39.2 Å². The van der Waals surface area contributed by atoms with Crippen LogP contribution in [0, 0.1) is 6.92 Å².